The van der Waals surface area contributed by atoms with Crippen LogP contribution in [0.3, 0.4) is 0 Å². The number of nitrogens with two attached hydrogens (primary N) is 1. The number of benzene rings is 1. The van der Waals surface area contributed by atoms with Crippen molar-refractivity contribution in [2.24, 2.45) is 11.7 Å². The maximum Gasteiger partial charge on any atom is 0.175 e. The molecule has 0 saturated carbocycles. The summed E-state index contributed by atoms with van der Waals surface area (Å²) >= 11 is 4.94. The molecule has 0 aliphatic rings. The van der Waals surface area contributed by atoms with Crippen LogP contribution in [0.25, 0.3) is 0 Å². The molecule has 0 radical (unpaired) electrons. The quantitative estimate of drug-likeness (QED) is 0.764. The predicted molar refractivity (Wildman–Crippen MR) is 94.3 cm³/mol. The molecule has 1 aromatic carbocycles. The van der Waals surface area contributed by atoms with Crippen LogP contribution < -0.4 is 5.73 Å². The van der Waals surface area contributed by atoms with Crippen LogP contribution in [0.2, 0.25) is 0 Å². The zero-order valence-electron chi connectivity index (χ0n) is 12.6. The van der Waals surface area contributed by atoms with Gasteiger partial charge in [-0.2, -0.15) is 0 Å². The molecule has 114 valence electrons. The van der Waals surface area contributed by atoms with E-state index in [4.69, 9.17) is 5.73 Å². The van der Waals surface area contributed by atoms with Crippen molar-refractivity contribution in [2.75, 3.05) is 12.0 Å². The van der Waals surface area contributed by atoms with Crippen molar-refractivity contribution in [2.45, 2.75) is 35.0 Å². The van der Waals surface area contributed by atoms with Gasteiger partial charge in [-0.1, -0.05) is 73.0 Å². The Morgan fingerprint density at radius 1 is 1.14 bits per heavy atom. The minimum absolute atomic E-state index is 0.0322. The summed E-state index contributed by atoms with van der Waals surface area (Å²) in [4.78, 5) is 0. The molecule has 0 aliphatic carbocycles. The van der Waals surface area contributed by atoms with E-state index in [0.717, 1.165) is 20.9 Å². The molecule has 6 heteroatoms. The molecule has 0 fully saturated rings. The summed E-state index contributed by atoms with van der Waals surface area (Å²) in [5, 5.41) is 8.25. The van der Waals surface area contributed by atoms with E-state index >= 15 is 0 Å². The van der Waals surface area contributed by atoms with E-state index in [1.54, 1.807) is 34.9 Å². The minimum Gasteiger partial charge on any atom is -0.323 e. The monoisotopic (exact) mass is 339 g/mol. The third-order valence-corrected chi connectivity index (χ3v) is 6.15. The number of rotatable bonds is 7. The van der Waals surface area contributed by atoms with Gasteiger partial charge in [-0.05, 0) is 29.7 Å². The maximum atomic E-state index is 6.26. The normalized spacial score (nSPS) is 12.8. The molecule has 0 spiro atoms. The lowest BCUT2D eigenvalue weighted by atomic mass is 10.0. The van der Waals surface area contributed by atoms with Gasteiger partial charge in [-0.25, -0.2) is 0 Å². The fraction of sp³-hybridized carbons (Fsp3) is 0.467. The molecule has 2 rings (SSSR count). The molecular formula is C15H21N3S3. The van der Waals surface area contributed by atoms with Gasteiger partial charge in [-0.15, -0.1) is 10.2 Å². The second-order valence-electron chi connectivity index (χ2n) is 5.30. The van der Waals surface area contributed by atoms with Crippen LogP contribution in [0.5, 0.6) is 0 Å². The Morgan fingerprint density at radius 2 is 1.81 bits per heavy atom. The van der Waals surface area contributed by atoms with Crippen LogP contribution in [0.1, 0.15) is 31.0 Å². The molecule has 1 atom stereocenters. The van der Waals surface area contributed by atoms with Crippen LogP contribution in [0, 0.1) is 5.92 Å². The van der Waals surface area contributed by atoms with E-state index in [2.05, 4.69) is 48.3 Å². The second kappa shape index (κ2) is 8.17. The highest BCUT2D eigenvalue weighted by molar-refractivity contribution is 8.02. The Morgan fingerprint density at radius 3 is 2.38 bits per heavy atom. The zero-order chi connectivity index (χ0) is 15.2. The molecule has 0 saturated heterocycles. The fourth-order valence-electron chi connectivity index (χ4n) is 1.97. The van der Waals surface area contributed by atoms with Gasteiger partial charge in [0.1, 0.15) is 0 Å². The first-order valence-corrected chi connectivity index (χ1v) is 9.96. The molecule has 0 amide bonds. The van der Waals surface area contributed by atoms with E-state index in [-0.39, 0.29) is 6.04 Å². The van der Waals surface area contributed by atoms with Crippen LogP contribution in [-0.2, 0) is 6.42 Å². The first kappa shape index (κ1) is 16.8. The molecular weight excluding hydrogens is 318 g/mol. The summed E-state index contributed by atoms with van der Waals surface area (Å²) < 4.78 is 2.00. The van der Waals surface area contributed by atoms with Crippen molar-refractivity contribution in [1.82, 2.24) is 10.2 Å². The van der Waals surface area contributed by atoms with Crippen molar-refractivity contribution in [3.63, 3.8) is 0 Å². The Kier molecular flexibility index (Phi) is 6.54. The molecule has 3 nitrogen and oxygen atoms in total. The lowest BCUT2D eigenvalue weighted by Crippen LogP contribution is -2.13. The van der Waals surface area contributed by atoms with Gasteiger partial charge in [-0.3, -0.25) is 0 Å². The second-order valence-corrected chi connectivity index (χ2v) is 8.59. The molecule has 1 unspecified atom stereocenters. The highest BCUT2D eigenvalue weighted by Gasteiger charge is 2.10. The first-order valence-electron chi connectivity index (χ1n) is 6.93. The Hall–Kier alpha value is -0.560. The van der Waals surface area contributed by atoms with Crippen LogP contribution in [-0.4, -0.2) is 22.2 Å². The van der Waals surface area contributed by atoms with Gasteiger partial charge in [0, 0.05) is 11.8 Å². The molecule has 1 heterocycles. The van der Waals surface area contributed by atoms with Crippen LogP contribution in [0.4, 0.5) is 0 Å². The largest absolute Gasteiger partial charge is 0.323 e. The average molecular weight is 340 g/mol. The Balaban J connectivity index is 1.89. The zero-order valence-corrected chi connectivity index (χ0v) is 15.0. The standard InChI is InChI=1S/C15H21N3S3/c1-10(2)8-11-4-6-12(7-5-11)13(16)9-20-15-18-17-14(19-3)21-15/h4-7,10,13H,8-9,16H2,1-3H3. The lowest BCUT2D eigenvalue weighted by Gasteiger charge is -2.12. The van der Waals surface area contributed by atoms with Crippen molar-refractivity contribution >= 4 is 34.9 Å². The summed E-state index contributed by atoms with van der Waals surface area (Å²) in [7, 11) is 0. The summed E-state index contributed by atoms with van der Waals surface area (Å²) in [6.45, 7) is 4.47. The van der Waals surface area contributed by atoms with E-state index < -0.39 is 0 Å². The molecule has 21 heavy (non-hydrogen) atoms. The minimum atomic E-state index is 0.0322. The topological polar surface area (TPSA) is 51.8 Å². The predicted octanol–water partition coefficient (Wildman–Crippen LogP) is 4.25. The van der Waals surface area contributed by atoms with E-state index in [9.17, 15) is 0 Å². The van der Waals surface area contributed by atoms with Crippen molar-refractivity contribution in [3.8, 4) is 0 Å². The van der Waals surface area contributed by atoms with Gasteiger partial charge in [0.05, 0.1) is 0 Å². The van der Waals surface area contributed by atoms with Gasteiger partial charge in [0.2, 0.25) is 0 Å². The number of hydrogen-bond donors (Lipinski definition) is 1. The Bertz CT molecular complexity index is 552. The highest BCUT2D eigenvalue weighted by atomic mass is 32.2. The van der Waals surface area contributed by atoms with E-state index in [0.29, 0.717) is 5.92 Å². The van der Waals surface area contributed by atoms with Gasteiger partial charge < -0.3 is 5.73 Å². The molecule has 1 aromatic heterocycles. The van der Waals surface area contributed by atoms with Crippen LogP contribution >= 0.6 is 34.9 Å². The van der Waals surface area contributed by atoms with Crippen molar-refractivity contribution in [1.29, 1.82) is 0 Å². The summed E-state index contributed by atoms with van der Waals surface area (Å²) in [5.74, 6) is 1.51. The van der Waals surface area contributed by atoms with Crippen molar-refractivity contribution in [3.05, 3.63) is 35.4 Å². The van der Waals surface area contributed by atoms with E-state index in [1.807, 2.05) is 6.26 Å². The lowest BCUT2D eigenvalue weighted by molar-refractivity contribution is 0.647. The molecule has 2 N–H and O–H groups in total. The fourth-order valence-corrected chi connectivity index (χ4v) is 4.42. The number of nitrogens with zero attached hydrogens (tertiary/aromatic N) is 2. The Labute approximate surface area is 139 Å². The van der Waals surface area contributed by atoms with Crippen LogP contribution in [0.15, 0.2) is 32.9 Å². The molecule has 2 aromatic rings. The SMILES string of the molecule is CSc1nnc(SCC(N)c2ccc(CC(C)C)cc2)s1. The number of aromatic nitrogens is 2. The first-order chi connectivity index (χ1) is 10.1. The number of hydrogen-bond acceptors (Lipinski definition) is 6. The summed E-state index contributed by atoms with van der Waals surface area (Å²) in [6, 6.07) is 8.71. The molecule has 0 bridgehead atoms. The van der Waals surface area contributed by atoms with Gasteiger partial charge in [0.15, 0.2) is 8.68 Å². The molecule has 0 aliphatic heterocycles. The number of thioether (sulfide) groups is 2. The van der Waals surface area contributed by atoms with Gasteiger partial charge >= 0.3 is 0 Å². The highest BCUT2D eigenvalue weighted by Crippen LogP contribution is 2.29. The third kappa shape index (κ3) is 5.29. The maximum absolute atomic E-state index is 6.26. The summed E-state index contributed by atoms with van der Waals surface area (Å²) in [6.07, 6.45) is 3.13. The third-order valence-electron chi connectivity index (χ3n) is 3.00. The smallest absolute Gasteiger partial charge is 0.175 e. The van der Waals surface area contributed by atoms with E-state index in [1.165, 1.54) is 11.1 Å². The summed E-state index contributed by atoms with van der Waals surface area (Å²) in [5.41, 5.74) is 8.83. The average Bonchev–Trinajstić information content (AvgIpc) is 2.93. The van der Waals surface area contributed by atoms with Gasteiger partial charge in [0.25, 0.3) is 0 Å². The van der Waals surface area contributed by atoms with Crippen molar-refractivity contribution < 1.29 is 0 Å².